The van der Waals surface area contributed by atoms with E-state index in [1.54, 1.807) is 0 Å². The summed E-state index contributed by atoms with van der Waals surface area (Å²) in [4.78, 5) is 21.5. The number of aliphatic hydroxyl groups excluding tert-OH is 2. The van der Waals surface area contributed by atoms with E-state index in [4.69, 9.17) is 9.90 Å². The lowest BCUT2D eigenvalue weighted by molar-refractivity contribution is -0.146. The predicted octanol–water partition coefficient (Wildman–Crippen LogP) is 3.54. The standard InChI is InChI=1S/C19H29BrO3.C2H4O2/c1-17-7-6-15-13(14(17)2-3-16(17)23)5-9-19(20)10-12(22)4-8-18(15,19)11-21;1-2(3)4/h12-15,21-22H,2-11H2,1H3;1H3,(H,3,4)/t12-,13-,14-,15-,17-,18-,19+;/m0./s1. The third kappa shape index (κ3) is 3.29. The SMILES string of the molecule is CC(=O)O.C[C@]12CC[C@H]3[C@@H](CC[C@@]4(Br)C[C@@H](O)CC[C@]34CO)[C@@H]1CCC2=O. The van der Waals surface area contributed by atoms with E-state index < -0.39 is 5.97 Å². The van der Waals surface area contributed by atoms with Crippen LogP contribution in [0.1, 0.15) is 71.6 Å². The van der Waals surface area contributed by atoms with Gasteiger partial charge in [-0.05, 0) is 69.1 Å². The van der Waals surface area contributed by atoms with Gasteiger partial charge in [0.15, 0.2) is 0 Å². The summed E-state index contributed by atoms with van der Waals surface area (Å²) >= 11 is 4.00. The van der Waals surface area contributed by atoms with Crippen LogP contribution >= 0.6 is 15.9 Å². The zero-order chi connectivity index (χ0) is 20.0. The second kappa shape index (κ2) is 7.42. The van der Waals surface area contributed by atoms with Gasteiger partial charge in [0.2, 0.25) is 0 Å². The Hall–Kier alpha value is -0.460. The van der Waals surface area contributed by atoms with Crippen molar-refractivity contribution in [3.8, 4) is 0 Å². The predicted molar refractivity (Wildman–Crippen MR) is 106 cm³/mol. The van der Waals surface area contributed by atoms with Crippen LogP contribution in [0, 0.1) is 28.6 Å². The van der Waals surface area contributed by atoms with Crippen molar-refractivity contribution in [2.75, 3.05) is 6.61 Å². The molecular weight excluding hydrogens is 412 g/mol. The summed E-state index contributed by atoms with van der Waals surface area (Å²) < 4.78 is -0.121. The van der Waals surface area contributed by atoms with E-state index in [-0.39, 0.29) is 27.9 Å². The number of halogens is 1. The van der Waals surface area contributed by atoms with Gasteiger partial charge in [-0.1, -0.05) is 22.9 Å². The Labute approximate surface area is 170 Å². The monoisotopic (exact) mass is 444 g/mol. The fourth-order valence-electron chi connectivity index (χ4n) is 7.08. The van der Waals surface area contributed by atoms with Gasteiger partial charge in [0, 0.05) is 28.5 Å². The molecule has 0 bridgehead atoms. The van der Waals surface area contributed by atoms with Crippen molar-refractivity contribution >= 4 is 27.7 Å². The van der Waals surface area contributed by atoms with Crippen molar-refractivity contribution in [2.24, 2.45) is 28.6 Å². The molecular formula is C21H33BrO5. The van der Waals surface area contributed by atoms with E-state index in [9.17, 15) is 15.0 Å². The average molecular weight is 445 g/mol. The van der Waals surface area contributed by atoms with Gasteiger partial charge < -0.3 is 15.3 Å². The first-order valence-corrected chi connectivity index (χ1v) is 11.1. The topological polar surface area (TPSA) is 94.8 Å². The molecule has 4 rings (SSSR count). The number of carbonyl (C=O) groups excluding carboxylic acids is 1. The molecule has 3 N–H and O–H groups in total. The van der Waals surface area contributed by atoms with Crippen LogP contribution in [-0.2, 0) is 9.59 Å². The second-order valence-corrected chi connectivity index (χ2v) is 11.0. The summed E-state index contributed by atoms with van der Waals surface area (Å²) in [6.45, 7) is 3.50. The molecule has 6 heteroatoms. The van der Waals surface area contributed by atoms with Crippen LogP contribution in [0.4, 0.5) is 0 Å². The maximum atomic E-state index is 12.5. The van der Waals surface area contributed by atoms with E-state index in [2.05, 4.69) is 22.9 Å². The van der Waals surface area contributed by atoms with Gasteiger partial charge in [-0.2, -0.15) is 0 Å². The quantitative estimate of drug-likeness (QED) is 0.537. The lowest BCUT2D eigenvalue weighted by atomic mass is 9.44. The number of Topliss-reactive ketones (excluding diaryl/α,β-unsaturated/α-hetero) is 1. The fourth-order valence-corrected chi connectivity index (χ4v) is 8.30. The minimum absolute atomic E-state index is 0.0989. The first kappa shape index (κ1) is 21.3. The minimum atomic E-state index is -0.833. The Kier molecular flexibility index (Phi) is 5.84. The number of aliphatic hydroxyl groups is 2. The van der Waals surface area contributed by atoms with Gasteiger partial charge in [0.05, 0.1) is 12.7 Å². The van der Waals surface area contributed by atoms with Crippen LogP contribution in [0.3, 0.4) is 0 Å². The van der Waals surface area contributed by atoms with Crippen LogP contribution in [0.2, 0.25) is 0 Å². The Morgan fingerprint density at radius 1 is 1.15 bits per heavy atom. The number of hydrogen-bond donors (Lipinski definition) is 3. The van der Waals surface area contributed by atoms with Crippen molar-refractivity contribution in [2.45, 2.75) is 82.1 Å². The number of aliphatic carboxylic acids is 1. The lowest BCUT2D eigenvalue weighted by Gasteiger charge is -2.64. The highest BCUT2D eigenvalue weighted by molar-refractivity contribution is 9.10. The van der Waals surface area contributed by atoms with E-state index in [1.807, 2.05) is 0 Å². The van der Waals surface area contributed by atoms with Crippen LogP contribution in [0.15, 0.2) is 0 Å². The molecule has 4 aliphatic rings. The number of carbonyl (C=O) groups is 2. The van der Waals surface area contributed by atoms with Crippen LogP contribution in [0.25, 0.3) is 0 Å². The van der Waals surface area contributed by atoms with Crippen LogP contribution < -0.4 is 0 Å². The van der Waals surface area contributed by atoms with Gasteiger partial charge in [-0.3, -0.25) is 9.59 Å². The zero-order valence-corrected chi connectivity index (χ0v) is 18.0. The van der Waals surface area contributed by atoms with Crippen molar-refractivity contribution in [3.63, 3.8) is 0 Å². The third-order valence-corrected chi connectivity index (χ3v) is 9.90. The molecule has 154 valence electrons. The summed E-state index contributed by atoms with van der Waals surface area (Å²) in [5.74, 6) is 1.24. The summed E-state index contributed by atoms with van der Waals surface area (Å²) in [7, 11) is 0. The normalized spacial score (nSPS) is 48.6. The van der Waals surface area contributed by atoms with Crippen LogP contribution in [0.5, 0.6) is 0 Å². The van der Waals surface area contributed by atoms with Gasteiger partial charge >= 0.3 is 0 Å². The smallest absolute Gasteiger partial charge is 0.300 e. The number of rotatable bonds is 1. The van der Waals surface area contributed by atoms with Crippen molar-refractivity contribution in [1.82, 2.24) is 0 Å². The maximum absolute atomic E-state index is 12.5. The molecule has 7 atom stereocenters. The molecule has 0 amide bonds. The summed E-state index contributed by atoms with van der Waals surface area (Å²) in [5.41, 5.74) is -0.208. The molecule has 0 aromatic carbocycles. The highest BCUT2D eigenvalue weighted by atomic mass is 79.9. The Morgan fingerprint density at radius 3 is 2.44 bits per heavy atom. The number of ketones is 1. The van der Waals surface area contributed by atoms with E-state index in [0.717, 1.165) is 64.7 Å². The molecule has 0 unspecified atom stereocenters. The van der Waals surface area contributed by atoms with Gasteiger partial charge in [0.25, 0.3) is 5.97 Å². The molecule has 4 fully saturated rings. The molecule has 4 aliphatic carbocycles. The zero-order valence-electron chi connectivity index (χ0n) is 16.4. The summed E-state index contributed by atoms with van der Waals surface area (Å²) in [6, 6.07) is 0. The molecule has 0 aromatic heterocycles. The van der Waals surface area contributed by atoms with Gasteiger partial charge in [0.1, 0.15) is 5.78 Å². The molecule has 0 aliphatic heterocycles. The number of carboxylic acid groups (broad SMARTS) is 1. The highest BCUT2D eigenvalue weighted by Crippen LogP contribution is 2.68. The third-order valence-electron chi connectivity index (χ3n) is 8.39. The second-order valence-electron chi connectivity index (χ2n) is 9.53. The molecule has 0 radical (unpaired) electrons. The maximum Gasteiger partial charge on any atom is 0.300 e. The first-order valence-electron chi connectivity index (χ1n) is 10.3. The number of fused-ring (bicyclic) bond motifs is 5. The highest BCUT2D eigenvalue weighted by Gasteiger charge is 2.65. The van der Waals surface area contributed by atoms with Crippen LogP contribution in [-0.4, -0.2) is 44.1 Å². The van der Waals surface area contributed by atoms with Crippen molar-refractivity contribution < 1.29 is 24.9 Å². The Morgan fingerprint density at radius 2 is 1.81 bits per heavy atom. The average Bonchev–Trinajstić information content (AvgIpc) is 2.89. The van der Waals surface area contributed by atoms with Crippen molar-refractivity contribution in [3.05, 3.63) is 0 Å². The first-order chi connectivity index (χ1) is 12.6. The molecule has 0 saturated heterocycles. The largest absolute Gasteiger partial charge is 0.481 e. The molecule has 4 saturated carbocycles. The van der Waals surface area contributed by atoms with E-state index >= 15 is 0 Å². The van der Waals surface area contributed by atoms with Gasteiger partial charge in [-0.15, -0.1) is 0 Å². The Balaban J connectivity index is 0.000000481. The molecule has 0 aromatic rings. The summed E-state index contributed by atoms with van der Waals surface area (Å²) in [5, 5.41) is 28.1. The molecule has 0 heterocycles. The summed E-state index contributed by atoms with van der Waals surface area (Å²) in [6.07, 6.45) is 8.25. The van der Waals surface area contributed by atoms with Gasteiger partial charge in [-0.25, -0.2) is 0 Å². The number of hydrogen-bond acceptors (Lipinski definition) is 4. The molecule has 5 nitrogen and oxygen atoms in total. The van der Waals surface area contributed by atoms with E-state index in [0.29, 0.717) is 23.5 Å². The lowest BCUT2D eigenvalue weighted by Crippen LogP contribution is -2.63. The van der Waals surface area contributed by atoms with E-state index in [1.165, 1.54) is 0 Å². The number of carboxylic acids is 1. The Bertz CT molecular complexity index is 605. The molecule has 0 spiro atoms. The molecule has 27 heavy (non-hydrogen) atoms. The number of alkyl halides is 1. The van der Waals surface area contributed by atoms with Crippen molar-refractivity contribution in [1.29, 1.82) is 0 Å². The fraction of sp³-hybridized carbons (Fsp3) is 0.905. The minimum Gasteiger partial charge on any atom is -0.481 e.